The highest BCUT2D eigenvalue weighted by Crippen LogP contribution is 2.36. The number of alkyl halides is 3. The van der Waals surface area contributed by atoms with Crippen LogP contribution in [0.3, 0.4) is 0 Å². The Morgan fingerprint density at radius 1 is 1.32 bits per heavy atom. The molecule has 0 bridgehead atoms. The van der Waals surface area contributed by atoms with E-state index in [-0.39, 0.29) is 26.1 Å². The minimum Gasteiger partial charge on any atom is -0.480 e. The Morgan fingerprint density at radius 3 is 2.48 bits per heavy atom. The first kappa shape index (κ1) is 19.5. The molecule has 9 heteroatoms. The Labute approximate surface area is 147 Å². The molecule has 0 radical (unpaired) electrons. The Kier molecular flexibility index (Phi) is 5.95. The van der Waals surface area contributed by atoms with Gasteiger partial charge in [-0.15, -0.1) is 0 Å². The van der Waals surface area contributed by atoms with Gasteiger partial charge < -0.3 is 15.2 Å². The standard InChI is InChI=1S/C16H17ClF3NO4/c17-11-3-1-2-10(8-11)15(4-6-25-7-5-15)14(24)21-12(13(22)23)9-16(18,19)20/h1-3,8,12H,4-7,9H2,(H,21,24)(H,22,23). The fraction of sp³-hybridized carbons (Fsp3) is 0.500. The van der Waals surface area contributed by atoms with Gasteiger partial charge in [0.2, 0.25) is 5.91 Å². The lowest BCUT2D eigenvalue weighted by Crippen LogP contribution is -2.53. The van der Waals surface area contributed by atoms with Crippen LogP contribution in [0.5, 0.6) is 0 Å². The van der Waals surface area contributed by atoms with Crippen LogP contribution >= 0.6 is 11.6 Å². The fourth-order valence-electron chi connectivity index (χ4n) is 2.88. The zero-order chi connectivity index (χ0) is 18.7. The van der Waals surface area contributed by atoms with E-state index in [1.807, 2.05) is 5.32 Å². The third-order valence-electron chi connectivity index (χ3n) is 4.20. The number of amides is 1. The van der Waals surface area contributed by atoms with Crippen LogP contribution in [0.2, 0.25) is 5.02 Å². The third kappa shape index (κ3) is 4.85. The number of halogens is 4. The SMILES string of the molecule is O=C(O)C(CC(F)(F)F)NC(=O)C1(c2cccc(Cl)c2)CCOCC1. The summed E-state index contributed by atoms with van der Waals surface area (Å²) in [5.74, 6) is -2.51. The minimum atomic E-state index is -4.71. The van der Waals surface area contributed by atoms with E-state index in [0.717, 1.165) is 0 Å². The lowest BCUT2D eigenvalue weighted by Gasteiger charge is -2.37. The zero-order valence-electron chi connectivity index (χ0n) is 13.1. The van der Waals surface area contributed by atoms with Crippen molar-refractivity contribution in [1.82, 2.24) is 5.32 Å². The highest BCUT2D eigenvalue weighted by molar-refractivity contribution is 6.30. The van der Waals surface area contributed by atoms with Gasteiger partial charge in [0.15, 0.2) is 0 Å². The second-order valence-corrected chi connectivity index (χ2v) is 6.32. The monoisotopic (exact) mass is 379 g/mol. The van der Waals surface area contributed by atoms with Crippen molar-refractivity contribution in [2.24, 2.45) is 0 Å². The van der Waals surface area contributed by atoms with Gasteiger partial charge >= 0.3 is 12.1 Å². The van der Waals surface area contributed by atoms with Crippen LogP contribution in [0.25, 0.3) is 0 Å². The topological polar surface area (TPSA) is 75.6 Å². The van der Waals surface area contributed by atoms with Gasteiger partial charge in [0.25, 0.3) is 0 Å². The molecular weight excluding hydrogens is 363 g/mol. The molecule has 0 aliphatic carbocycles. The molecule has 1 fully saturated rings. The maximum Gasteiger partial charge on any atom is 0.391 e. The molecule has 0 aromatic heterocycles. The van der Waals surface area contributed by atoms with E-state index in [9.17, 15) is 22.8 Å². The number of carbonyl (C=O) groups is 2. The van der Waals surface area contributed by atoms with Gasteiger partial charge in [-0.25, -0.2) is 4.79 Å². The summed E-state index contributed by atoms with van der Waals surface area (Å²) in [6.07, 6.45) is -5.92. The van der Waals surface area contributed by atoms with Crippen molar-refractivity contribution in [2.75, 3.05) is 13.2 Å². The largest absolute Gasteiger partial charge is 0.480 e. The van der Waals surface area contributed by atoms with Gasteiger partial charge in [0.1, 0.15) is 6.04 Å². The first-order valence-corrected chi connectivity index (χ1v) is 7.96. The molecule has 1 aromatic rings. The summed E-state index contributed by atoms with van der Waals surface area (Å²) in [4.78, 5) is 23.9. The summed E-state index contributed by atoms with van der Waals surface area (Å²) in [5, 5.41) is 11.4. The molecule has 0 spiro atoms. The highest BCUT2D eigenvalue weighted by atomic mass is 35.5. The predicted octanol–water partition coefficient (Wildman–Crippen LogP) is 2.91. The van der Waals surface area contributed by atoms with Gasteiger partial charge in [-0.2, -0.15) is 13.2 Å². The van der Waals surface area contributed by atoms with Crippen LogP contribution in [0.1, 0.15) is 24.8 Å². The van der Waals surface area contributed by atoms with Gasteiger partial charge in [0, 0.05) is 18.2 Å². The summed E-state index contributed by atoms with van der Waals surface area (Å²) < 4.78 is 43.0. The number of carboxylic acid groups (broad SMARTS) is 1. The number of hydrogen-bond acceptors (Lipinski definition) is 3. The van der Waals surface area contributed by atoms with Crippen LogP contribution in [0.4, 0.5) is 13.2 Å². The molecule has 1 aliphatic rings. The van der Waals surface area contributed by atoms with Crippen LogP contribution in [0, 0.1) is 0 Å². The quantitative estimate of drug-likeness (QED) is 0.824. The lowest BCUT2D eigenvalue weighted by molar-refractivity contribution is -0.161. The summed E-state index contributed by atoms with van der Waals surface area (Å²) in [5.41, 5.74) is -0.653. The van der Waals surface area contributed by atoms with E-state index in [1.165, 1.54) is 0 Å². The molecule has 1 amide bonds. The van der Waals surface area contributed by atoms with E-state index < -0.39 is 35.9 Å². The number of hydrogen-bond donors (Lipinski definition) is 2. The molecule has 1 saturated heterocycles. The minimum absolute atomic E-state index is 0.220. The molecule has 1 heterocycles. The number of nitrogens with one attached hydrogen (secondary N) is 1. The number of ether oxygens (including phenoxy) is 1. The molecule has 1 aromatic carbocycles. The Bertz CT molecular complexity index is 645. The second-order valence-electron chi connectivity index (χ2n) is 5.89. The maximum absolute atomic E-state index is 12.8. The summed E-state index contributed by atoms with van der Waals surface area (Å²) >= 11 is 5.97. The van der Waals surface area contributed by atoms with Crippen molar-refractivity contribution in [2.45, 2.75) is 36.9 Å². The van der Waals surface area contributed by atoms with Gasteiger partial charge in [-0.1, -0.05) is 23.7 Å². The molecule has 138 valence electrons. The average Bonchev–Trinajstić information content (AvgIpc) is 2.53. The highest BCUT2D eigenvalue weighted by Gasteiger charge is 2.45. The van der Waals surface area contributed by atoms with Crippen molar-refractivity contribution in [3.8, 4) is 0 Å². The van der Waals surface area contributed by atoms with Crippen molar-refractivity contribution in [3.63, 3.8) is 0 Å². The Hall–Kier alpha value is -1.80. The van der Waals surface area contributed by atoms with E-state index in [1.54, 1.807) is 24.3 Å². The third-order valence-corrected chi connectivity index (χ3v) is 4.43. The first-order valence-electron chi connectivity index (χ1n) is 7.58. The summed E-state index contributed by atoms with van der Waals surface area (Å²) in [7, 11) is 0. The number of rotatable bonds is 5. The Morgan fingerprint density at radius 2 is 1.96 bits per heavy atom. The molecule has 1 aliphatic heterocycles. The van der Waals surface area contributed by atoms with Crippen molar-refractivity contribution in [1.29, 1.82) is 0 Å². The fourth-order valence-corrected chi connectivity index (χ4v) is 3.07. The molecule has 2 N–H and O–H groups in total. The molecule has 25 heavy (non-hydrogen) atoms. The van der Waals surface area contributed by atoms with Gasteiger partial charge in [-0.05, 0) is 30.5 Å². The predicted molar refractivity (Wildman–Crippen MR) is 83.4 cm³/mol. The van der Waals surface area contributed by atoms with Crippen molar-refractivity contribution >= 4 is 23.5 Å². The number of aliphatic carboxylic acids is 1. The smallest absolute Gasteiger partial charge is 0.391 e. The number of carbonyl (C=O) groups excluding carboxylic acids is 1. The molecule has 1 unspecified atom stereocenters. The molecule has 1 atom stereocenters. The van der Waals surface area contributed by atoms with Gasteiger partial charge in [0.05, 0.1) is 11.8 Å². The maximum atomic E-state index is 12.8. The Balaban J connectivity index is 2.31. The lowest BCUT2D eigenvalue weighted by atomic mass is 9.73. The normalized spacial score (nSPS) is 18.4. The zero-order valence-corrected chi connectivity index (χ0v) is 13.9. The number of benzene rings is 1. The van der Waals surface area contributed by atoms with E-state index in [2.05, 4.69) is 0 Å². The summed E-state index contributed by atoms with van der Waals surface area (Å²) in [6, 6.07) is 4.40. The van der Waals surface area contributed by atoms with E-state index >= 15 is 0 Å². The molecule has 2 rings (SSSR count). The van der Waals surface area contributed by atoms with Crippen LogP contribution in [-0.2, 0) is 19.7 Å². The van der Waals surface area contributed by atoms with E-state index in [4.69, 9.17) is 21.4 Å². The van der Waals surface area contributed by atoms with Crippen molar-refractivity contribution in [3.05, 3.63) is 34.9 Å². The molecule has 5 nitrogen and oxygen atoms in total. The number of carboxylic acids is 1. The first-order chi connectivity index (χ1) is 11.6. The van der Waals surface area contributed by atoms with Crippen molar-refractivity contribution < 1.29 is 32.6 Å². The van der Waals surface area contributed by atoms with Gasteiger partial charge in [-0.3, -0.25) is 4.79 Å². The van der Waals surface area contributed by atoms with Crippen LogP contribution < -0.4 is 5.32 Å². The van der Waals surface area contributed by atoms with Crippen LogP contribution in [0.15, 0.2) is 24.3 Å². The average molecular weight is 380 g/mol. The second kappa shape index (κ2) is 7.61. The van der Waals surface area contributed by atoms with E-state index in [0.29, 0.717) is 10.6 Å². The molecular formula is C16H17ClF3NO4. The summed E-state index contributed by atoms with van der Waals surface area (Å²) in [6.45, 7) is 0.466. The molecule has 0 saturated carbocycles. The van der Waals surface area contributed by atoms with Crippen LogP contribution in [-0.4, -0.2) is 42.4 Å².